The first-order valence-electron chi connectivity index (χ1n) is 7.29. The molecule has 2 atom stereocenters. The van der Waals surface area contributed by atoms with Crippen LogP contribution in [0.3, 0.4) is 0 Å². The van der Waals surface area contributed by atoms with Crippen molar-refractivity contribution in [3.8, 4) is 0 Å². The summed E-state index contributed by atoms with van der Waals surface area (Å²) in [7, 11) is 0. The molecule has 2 N–H and O–H groups in total. The third-order valence-corrected chi connectivity index (χ3v) is 3.84. The quantitative estimate of drug-likeness (QED) is 0.877. The first-order valence-corrected chi connectivity index (χ1v) is 7.29. The number of hydrogen-bond donors (Lipinski definition) is 2. The molecule has 3 nitrogen and oxygen atoms in total. The van der Waals surface area contributed by atoms with Crippen molar-refractivity contribution in [1.29, 1.82) is 0 Å². The summed E-state index contributed by atoms with van der Waals surface area (Å²) in [5, 5.41) is 6.53. The van der Waals surface area contributed by atoms with Crippen LogP contribution < -0.4 is 10.6 Å². The number of piperidine rings is 1. The summed E-state index contributed by atoms with van der Waals surface area (Å²) in [6.45, 7) is 4.22. The van der Waals surface area contributed by atoms with Crippen molar-refractivity contribution in [2.45, 2.75) is 38.6 Å². The molecule has 1 aliphatic rings. The van der Waals surface area contributed by atoms with Gasteiger partial charge in [-0.25, -0.2) is 0 Å². The maximum Gasteiger partial charge on any atom is 0.220 e. The Morgan fingerprint density at radius 2 is 2.10 bits per heavy atom. The predicted octanol–water partition coefficient (Wildman–Crippen LogP) is 2.55. The lowest BCUT2D eigenvalue weighted by Gasteiger charge is -2.30. The highest BCUT2D eigenvalue weighted by Crippen LogP contribution is 2.11. The number of halogens is 1. The Hall–Kier alpha value is -1.06. The van der Waals surface area contributed by atoms with E-state index >= 15 is 0 Å². The van der Waals surface area contributed by atoms with E-state index in [-0.39, 0.29) is 18.3 Å². The van der Waals surface area contributed by atoms with Crippen molar-refractivity contribution in [2.75, 3.05) is 13.1 Å². The molecule has 1 aliphatic heterocycles. The van der Waals surface area contributed by atoms with Crippen molar-refractivity contribution in [1.82, 2.24) is 10.6 Å². The fourth-order valence-electron chi connectivity index (χ4n) is 2.61. The highest BCUT2D eigenvalue weighted by molar-refractivity contribution is 5.85. The minimum absolute atomic E-state index is 0. The molecule has 0 aliphatic carbocycles. The van der Waals surface area contributed by atoms with Gasteiger partial charge in [-0.3, -0.25) is 4.79 Å². The van der Waals surface area contributed by atoms with E-state index in [2.05, 4.69) is 29.7 Å². The van der Waals surface area contributed by atoms with E-state index in [0.717, 1.165) is 32.4 Å². The molecule has 1 amide bonds. The van der Waals surface area contributed by atoms with Crippen LogP contribution in [-0.2, 0) is 11.2 Å². The number of amides is 1. The van der Waals surface area contributed by atoms with E-state index in [9.17, 15) is 4.79 Å². The van der Waals surface area contributed by atoms with Gasteiger partial charge in [0.05, 0.1) is 0 Å². The molecule has 1 heterocycles. The topological polar surface area (TPSA) is 41.1 Å². The summed E-state index contributed by atoms with van der Waals surface area (Å²) in [5.41, 5.74) is 1.31. The maximum atomic E-state index is 11.9. The largest absolute Gasteiger partial charge is 0.353 e. The minimum atomic E-state index is 0. The van der Waals surface area contributed by atoms with Crippen LogP contribution in [0.5, 0.6) is 0 Å². The van der Waals surface area contributed by atoms with Crippen LogP contribution in [0.1, 0.15) is 31.7 Å². The van der Waals surface area contributed by atoms with Gasteiger partial charge in [-0.1, -0.05) is 37.3 Å². The normalized spacial score (nSPS) is 21.9. The zero-order valence-corrected chi connectivity index (χ0v) is 12.9. The first kappa shape index (κ1) is 17.0. The molecule has 112 valence electrons. The van der Waals surface area contributed by atoms with Gasteiger partial charge in [-0.15, -0.1) is 12.4 Å². The van der Waals surface area contributed by atoms with Crippen LogP contribution in [0, 0.1) is 5.92 Å². The Morgan fingerprint density at radius 1 is 1.35 bits per heavy atom. The molecule has 0 aromatic heterocycles. The lowest BCUT2D eigenvalue weighted by Crippen LogP contribution is -2.48. The van der Waals surface area contributed by atoms with Crippen molar-refractivity contribution >= 4 is 18.3 Å². The summed E-state index contributed by atoms with van der Waals surface area (Å²) >= 11 is 0. The Morgan fingerprint density at radius 3 is 2.80 bits per heavy atom. The van der Waals surface area contributed by atoms with E-state index < -0.39 is 0 Å². The number of benzene rings is 1. The van der Waals surface area contributed by atoms with E-state index in [0.29, 0.717) is 18.4 Å². The third kappa shape index (κ3) is 5.51. The number of rotatable bonds is 5. The van der Waals surface area contributed by atoms with E-state index in [1.807, 2.05) is 18.2 Å². The lowest BCUT2D eigenvalue weighted by molar-refractivity contribution is -0.122. The summed E-state index contributed by atoms with van der Waals surface area (Å²) in [4.78, 5) is 11.9. The number of hydrogen-bond acceptors (Lipinski definition) is 2. The van der Waals surface area contributed by atoms with E-state index in [1.54, 1.807) is 0 Å². The fraction of sp³-hybridized carbons (Fsp3) is 0.562. The molecule has 0 saturated carbocycles. The molecular formula is C16H25ClN2O. The average Bonchev–Trinajstić information content (AvgIpc) is 2.43. The van der Waals surface area contributed by atoms with Crippen molar-refractivity contribution in [3.05, 3.63) is 35.9 Å². The van der Waals surface area contributed by atoms with E-state index in [1.165, 1.54) is 5.56 Å². The summed E-state index contributed by atoms with van der Waals surface area (Å²) < 4.78 is 0. The summed E-state index contributed by atoms with van der Waals surface area (Å²) in [6, 6.07) is 10.7. The molecule has 4 heteroatoms. The minimum Gasteiger partial charge on any atom is -0.353 e. The van der Waals surface area contributed by atoms with E-state index in [4.69, 9.17) is 0 Å². The Labute approximate surface area is 127 Å². The van der Waals surface area contributed by atoms with Gasteiger partial charge in [0.25, 0.3) is 0 Å². The van der Waals surface area contributed by atoms with Gasteiger partial charge in [-0.05, 0) is 43.8 Å². The smallest absolute Gasteiger partial charge is 0.220 e. The van der Waals surface area contributed by atoms with Crippen LogP contribution in [0.15, 0.2) is 30.3 Å². The van der Waals surface area contributed by atoms with Crippen molar-refractivity contribution in [3.63, 3.8) is 0 Å². The fourth-order valence-corrected chi connectivity index (χ4v) is 2.61. The van der Waals surface area contributed by atoms with Crippen molar-refractivity contribution < 1.29 is 4.79 Å². The predicted molar refractivity (Wildman–Crippen MR) is 85.2 cm³/mol. The lowest BCUT2D eigenvalue weighted by atomic mass is 9.95. The third-order valence-electron chi connectivity index (χ3n) is 3.84. The van der Waals surface area contributed by atoms with Gasteiger partial charge in [0, 0.05) is 12.5 Å². The van der Waals surface area contributed by atoms with Gasteiger partial charge in [0.1, 0.15) is 0 Å². The van der Waals surface area contributed by atoms with Crippen LogP contribution in [0.25, 0.3) is 0 Å². The molecule has 2 rings (SSSR count). The highest BCUT2D eigenvalue weighted by atomic mass is 35.5. The SMILES string of the molecule is CC1CNCCC1NC(=O)CCCc1ccccc1.Cl. The average molecular weight is 297 g/mol. The van der Waals surface area contributed by atoms with Crippen molar-refractivity contribution in [2.24, 2.45) is 5.92 Å². The van der Waals surface area contributed by atoms with Gasteiger partial charge >= 0.3 is 0 Å². The zero-order chi connectivity index (χ0) is 13.5. The monoisotopic (exact) mass is 296 g/mol. The summed E-state index contributed by atoms with van der Waals surface area (Å²) in [6.07, 6.45) is 3.59. The van der Waals surface area contributed by atoms with Gasteiger partial charge in [0.15, 0.2) is 0 Å². The molecule has 1 aromatic carbocycles. The molecule has 1 aromatic rings. The first-order chi connectivity index (χ1) is 9.25. The maximum absolute atomic E-state index is 11.9. The van der Waals surface area contributed by atoms with Crippen LogP contribution in [0.2, 0.25) is 0 Å². The van der Waals surface area contributed by atoms with Crippen LogP contribution in [0.4, 0.5) is 0 Å². The molecule has 1 fully saturated rings. The number of carbonyl (C=O) groups is 1. The molecule has 0 spiro atoms. The Balaban J connectivity index is 0.00000200. The molecule has 2 unspecified atom stereocenters. The second-order valence-corrected chi connectivity index (χ2v) is 5.48. The molecule has 1 saturated heterocycles. The van der Waals surface area contributed by atoms with Gasteiger partial charge in [-0.2, -0.15) is 0 Å². The zero-order valence-electron chi connectivity index (χ0n) is 12.1. The second kappa shape index (κ2) is 8.98. The molecule has 20 heavy (non-hydrogen) atoms. The number of nitrogens with one attached hydrogen (secondary N) is 2. The van der Waals surface area contributed by atoms with Gasteiger partial charge < -0.3 is 10.6 Å². The van der Waals surface area contributed by atoms with Gasteiger partial charge in [0.2, 0.25) is 5.91 Å². The molecular weight excluding hydrogens is 272 g/mol. The second-order valence-electron chi connectivity index (χ2n) is 5.48. The van der Waals surface area contributed by atoms with Crippen LogP contribution in [-0.4, -0.2) is 25.0 Å². The number of aryl methyl sites for hydroxylation is 1. The molecule has 0 radical (unpaired) electrons. The Bertz CT molecular complexity index is 397. The van der Waals surface area contributed by atoms with Crippen LogP contribution >= 0.6 is 12.4 Å². The molecule has 0 bridgehead atoms. The standard InChI is InChI=1S/C16H24N2O.ClH/c1-13-12-17-11-10-15(13)18-16(19)9-5-8-14-6-3-2-4-7-14;/h2-4,6-7,13,15,17H,5,8-12H2,1H3,(H,18,19);1H. The number of carbonyl (C=O) groups excluding carboxylic acids is 1. The summed E-state index contributed by atoms with van der Waals surface area (Å²) in [5.74, 6) is 0.738. The highest BCUT2D eigenvalue weighted by Gasteiger charge is 2.22. The Kier molecular flexibility index (Phi) is 7.63.